The fourth-order valence-electron chi connectivity index (χ4n) is 1.89. The van der Waals surface area contributed by atoms with Gasteiger partial charge < -0.3 is 15.1 Å². The van der Waals surface area contributed by atoms with Crippen molar-refractivity contribution in [1.29, 1.82) is 0 Å². The van der Waals surface area contributed by atoms with Gasteiger partial charge >= 0.3 is 0 Å². The molecule has 5 heteroatoms. The Morgan fingerprint density at radius 2 is 2.22 bits per heavy atom. The maximum absolute atomic E-state index is 12.1. The number of hydrogen-bond donors (Lipinski definition) is 2. The molecule has 0 atom stereocenters. The Kier molecular flexibility index (Phi) is 4.37. The first-order valence-corrected chi connectivity index (χ1v) is 6.74. The highest BCUT2D eigenvalue weighted by Gasteiger charge is 2.22. The summed E-state index contributed by atoms with van der Waals surface area (Å²) in [6, 6.07) is 1.75. The van der Waals surface area contributed by atoms with Crippen molar-refractivity contribution in [2.24, 2.45) is 0 Å². The highest BCUT2D eigenvalue weighted by molar-refractivity contribution is 7.10. The zero-order valence-electron chi connectivity index (χ0n) is 9.93. The van der Waals surface area contributed by atoms with E-state index in [0.717, 1.165) is 4.88 Å². The number of aliphatic hydroxyl groups is 2. The fourth-order valence-corrected chi connectivity index (χ4v) is 2.64. The van der Waals surface area contributed by atoms with Gasteiger partial charge in [-0.2, -0.15) is 0 Å². The number of likely N-dealkylation sites (tertiary alicyclic amines) is 1. The number of carbonyl (C=O) groups excluding carboxylic acids is 1. The molecule has 0 aliphatic carbocycles. The molecule has 0 bridgehead atoms. The Bertz CT molecular complexity index is 478. The normalized spacial score (nSPS) is 16.2. The van der Waals surface area contributed by atoms with Crippen molar-refractivity contribution in [2.45, 2.75) is 18.9 Å². The summed E-state index contributed by atoms with van der Waals surface area (Å²) in [5, 5.41) is 19.8. The molecule has 1 aromatic heterocycles. The number of thiophene rings is 1. The topological polar surface area (TPSA) is 60.8 Å². The minimum atomic E-state index is -0.275. The molecule has 1 aromatic rings. The Morgan fingerprint density at radius 1 is 1.50 bits per heavy atom. The highest BCUT2D eigenvalue weighted by Crippen LogP contribution is 2.18. The number of piperidine rings is 1. The lowest BCUT2D eigenvalue weighted by Crippen LogP contribution is -2.39. The summed E-state index contributed by atoms with van der Waals surface area (Å²) >= 11 is 1.40. The molecule has 1 amide bonds. The minimum absolute atomic E-state index is 0.00445. The number of aliphatic hydroxyl groups excluding tert-OH is 2. The molecule has 96 valence electrons. The summed E-state index contributed by atoms with van der Waals surface area (Å²) in [7, 11) is 0. The molecule has 2 N–H and O–H groups in total. The summed E-state index contributed by atoms with van der Waals surface area (Å²) in [4.78, 5) is 14.7. The van der Waals surface area contributed by atoms with Gasteiger partial charge in [0, 0.05) is 18.5 Å². The van der Waals surface area contributed by atoms with Crippen molar-refractivity contribution >= 4 is 17.2 Å². The van der Waals surface area contributed by atoms with E-state index in [9.17, 15) is 9.90 Å². The van der Waals surface area contributed by atoms with Crippen molar-refractivity contribution in [3.63, 3.8) is 0 Å². The van der Waals surface area contributed by atoms with Gasteiger partial charge in [0.25, 0.3) is 5.91 Å². The molecule has 4 nitrogen and oxygen atoms in total. The first-order valence-electron chi connectivity index (χ1n) is 5.86. The van der Waals surface area contributed by atoms with Gasteiger partial charge in [0.05, 0.1) is 16.5 Å². The van der Waals surface area contributed by atoms with Gasteiger partial charge in [-0.3, -0.25) is 4.79 Å². The van der Waals surface area contributed by atoms with Crippen LogP contribution in [0.2, 0.25) is 0 Å². The predicted molar refractivity (Wildman–Crippen MR) is 69.4 cm³/mol. The van der Waals surface area contributed by atoms with Crippen molar-refractivity contribution in [2.75, 3.05) is 19.7 Å². The van der Waals surface area contributed by atoms with Crippen LogP contribution < -0.4 is 0 Å². The Hall–Kier alpha value is -1.35. The Labute approximate surface area is 110 Å². The van der Waals surface area contributed by atoms with E-state index in [-0.39, 0.29) is 18.6 Å². The SMILES string of the molecule is O=C(c1csc(C#CCO)c1)N1CCC(O)CC1. The quantitative estimate of drug-likeness (QED) is 0.734. The number of rotatable bonds is 1. The van der Waals surface area contributed by atoms with E-state index in [4.69, 9.17) is 5.11 Å². The minimum Gasteiger partial charge on any atom is -0.393 e. The van der Waals surface area contributed by atoms with Crippen LogP contribution in [0.15, 0.2) is 11.4 Å². The number of amides is 1. The first-order chi connectivity index (χ1) is 8.70. The molecule has 1 fully saturated rings. The molecular formula is C13H15NO3S. The van der Waals surface area contributed by atoms with Crippen LogP contribution in [0.4, 0.5) is 0 Å². The van der Waals surface area contributed by atoms with E-state index in [2.05, 4.69) is 11.8 Å². The predicted octanol–water partition coefficient (Wildman–Crippen LogP) is 0.689. The van der Waals surface area contributed by atoms with Gasteiger partial charge in [-0.1, -0.05) is 11.8 Å². The third-order valence-electron chi connectivity index (χ3n) is 2.89. The van der Waals surface area contributed by atoms with Gasteiger partial charge in [0.1, 0.15) is 6.61 Å². The van der Waals surface area contributed by atoms with Crippen LogP contribution in [0.25, 0.3) is 0 Å². The number of hydrogen-bond acceptors (Lipinski definition) is 4. The zero-order valence-corrected chi connectivity index (χ0v) is 10.7. The molecule has 0 aromatic carbocycles. The molecular weight excluding hydrogens is 250 g/mol. The van der Waals surface area contributed by atoms with Crippen LogP contribution in [0.5, 0.6) is 0 Å². The third-order valence-corrected chi connectivity index (χ3v) is 3.73. The maximum atomic E-state index is 12.1. The number of nitrogens with zero attached hydrogens (tertiary/aromatic N) is 1. The summed E-state index contributed by atoms with van der Waals surface area (Å²) in [6.07, 6.45) is 1.02. The van der Waals surface area contributed by atoms with E-state index in [1.807, 2.05) is 0 Å². The lowest BCUT2D eigenvalue weighted by molar-refractivity contribution is 0.0547. The third kappa shape index (κ3) is 3.10. The average Bonchev–Trinajstić information content (AvgIpc) is 2.85. The van der Waals surface area contributed by atoms with Crippen molar-refractivity contribution in [1.82, 2.24) is 4.90 Å². The molecule has 0 unspecified atom stereocenters. The van der Waals surface area contributed by atoms with E-state index in [1.165, 1.54) is 11.3 Å². The molecule has 2 rings (SSSR count). The summed E-state index contributed by atoms with van der Waals surface area (Å²) in [5.41, 5.74) is 0.638. The van der Waals surface area contributed by atoms with Gasteiger partial charge in [-0.25, -0.2) is 0 Å². The van der Waals surface area contributed by atoms with Gasteiger partial charge in [-0.15, -0.1) is 11.3 Å². The van der Waals surface area contributed by atoms with Gasteiger partial charge in [0.15, 0.2) is 0 Å². The van der Waals surface area contributed by atoms with Crippen LogP contribution >= 0.6 is 11.3 Å². The lowest BCUT2D eigenvalue weighted by Gasteiger charge is -2.29. The van der Waals surface area contributed by atoms with Gasteiger partial charge in [-0.05, 0) is 18.9 Å². The second kappa shape index (κ2) is 6.01. The van der Waals surface area contributed by atoms with Crippen LogP contribution in [0.3, 0.4) is 0 Å². The summed E-state index contributed by atoms with van der Waals surface area (Å²) in [5.74, 6) is 5.34. The molecule has 0 radical (unpaired) electrons. The summed E-state index contributed by atoms with van der Waals surface area (Å²) < 4.78 is 0. The molecule has 18 heavy (non-hydrogen) atoms. The number of carbonyl (C=O) groups is 1. The van der Waals surface area contributed by atoms with E-state index in [0.29, 0.717) is 31.5 Å². The van der Waals surface area contributed by atoms with E-state index >= 15 is 0 Å². The van der Waals surface area contributed by atoms with Crippen LogP contribution in [-0.4, -0.2) is 46.8 Å². The van der Waals surface area contributed by atoms with E-state index in [1.54, 1.807) is 16.3 Å². The lowest BCUT2D eigenvalue weighted by atomic mass is 10.1. The second-order valence-electron chi connectivity index (χ2n) is 4.18. The Morgan fingerprint density at radius 3 is 2.89 bits per heavy atom. The molecule has 1 aliphatic heterocycles. The molecule has 1 aliphatic rings. The second-order valence-corrected chi connectivity index (χ2v) is 5.09. The molecule has 0 saturated carbocycles. The maximum Gasteiger partial charge on any atom is 0.254 e. The van der Waals surface area contributed by atoms with Crippen molar-refractivity contribution in [3.05, 3.63) is 21.9 Å². The van der Waals surface area contributed by atoms with Crippen LogP contribution in [-0.2, 0) is 0 Å². The average molecular weight is 265 g/mol. The molecule has 2 heterocycles. The van der Waals surface area contributed by atoms with Crippen LogP contribution in [0, 0.1) is 11.8 Å². The zero-order chi connectivity index (χ0) is 13.0. The summed E-state index contributed by atoms with van der Waals surface area (Å²) in [6.45, 7) is 1.03. The fraction of sp³-hybridized carbons (Fsp3) is 0.462. The van der Waals surface area contributed by atoms with Gasteiger partial charge in [0.2, 0.25) is 0 Å². The molecule has 0 spiro atoms. The molecule has 1 saturated heterocycles. The standard InChI is InChI=1S/C13H15NO3S/c15-7-1-2-12-8-10(9-18-12)13(17)14-5-3-11(16)4-6-14/h8-9,11,15-16H,3-7H2. The van der Waals surface area contributed by atoms with Crippen LogP contribution in [0.1, 0.15) is 28.1 Å². The first kappa shape index (κ1) is 13.1. The van der Waals surface area contributed by atoms with Crippen molar-refractivity contribution < 1.29 is 15.0 Å². The van der Waals surface area contributed by atoms with Crippen molar-refractivity contribution in [3.8, 4) is 11.8 Å². The highest BCUT2D eigenvalue weighted by atomic mass is 32.1. The monoisotopic (exact) mass is 265 g/mol. The largest absolute Gasteiger partial charge is 0.393 e. The Balaban J connectivity index is 2.02. The smallest absolute Gasteiger partial charge is 0.254 e. The van der Waals surface area contributed by atoms with E-state index < -0.39 is 0 Å².